The molecule has 0 spiro atoms. The van der Waals surface area contributed by atoms with Crippen LogP contribution in [0, 0.1) is 0 Å². The minimum Gasteiger partial charge on any atom is -0.382 e. The fraction of sp³-hybridized carbons (Fsp3) is 0.571. The number of nitrogens with one attached hydrogen (secondary N) is 2. The van der Waals surface area contributed by atoms with Crippen molar-refractivity contribution in [3.8, 4) is 0 Å². The van der Waals surface area contributed by atoms with Gasteiger partial charge >= 0.3 is 11.0 Å². The third kappa shape index (κ3) is 4.02. The van der Waals surface area contributed by atoms with E-state index in [1.807, 2.05) is 0 Å². The van der Waals surface area contributed by atoms with E-state index in [1.165, 1.54) is 5.38 Å². The van der Waals surface area contributed by atoms with Crippen molar-refractivity contribution >= 4 is 11.3 Å². The highest BCUT2D eigenvalue weighted by molar-refractivity contribution is 7.07. The molecule has 0 aliphatic heterocycles. The summed E-state index contributed by atoms with van der Waals surface area (Å²) >= 11 is 0.933. The van der Waals surface area contributed by atoms with Gasteiger partial charge in [-0.3, -0.25) is 4.79 Å². The maximum atomic E-state index is 11.8. The number of alkyl halides is 3. The van der Waals surface area contributed by atoms with Crippen LogP contribution >= 0.6 is 11.3 Å². The van der Waals surface area contributed by atoms with Gasteiger partial charge in [-0.05, 0) is 0 Å². The van der Waals surface area contributed by atoms with Gasteiger partial charge in [0.25, 0.3) is 0 Å². The number of aromatic nitrogens is 1. The number of aliphatic hydroxyl groups is 1. The van der Waals surface area contributed by atoms with Gasteiger partial charge in [0, 0.05) is 24.2 Å². The van der Waals surface area contributed by atoms with Crippen LogP contribution in [0.1, 0.15) is 5.69 Å². The maximum Gasteiger partial charge on any atom is 0.415 e. The molecule has 1 aromatic heterocycles. The molecule has 0 fully saturated rings. The van der Waals surface area contributed by atoms with E-state index in [2.05, 4.69) is 10.3 Å². The van der Waals surface area contributed by atoms with E-state index in [9.17, 15) is 18.0 Å². The smallest absolute Gasteiger partial charge is 0.382 e. The first-order chi connectivity index (χ1) is 6.89. The number of hydrogen-bond acceptors (Lipinski definition) is 4. The van der Waals surface area contributed by atoms with E-state index in [0.717, 1.165) is 11.3 Å². The van der Waals surface area contributed by atoms with Crippen molar-refractivity contribution in [3.05, 3.63) is 20.7 Å². The minimum absolute atomic E-state index is 0.0892. The lowest BCUT2D eigenvalue weighted by molar-refractivity contribution is -0.201. The Morgan fingerprint density at radius 2 is 2.27 bits per heavy atom. The number of hydrogen-bond donors (Lipinski definition) is 3. The zero-order chi connectivity index (χ0) is 11.5. The second-order valence-electron chi connectivity index (χ2n) is 2.86. The lowest BCUT2D eigenvalue weighted by Crippen LogP contribution is -2.38. The van der Waals surface area contributed by atoms with Crippen LogP contribution in [0.2, 0.25) is 0 Å². The molecular formula is C7H9F3N2O2S. The molecular weight excluding hydrogens is 233 g/mol. The van der Waals surface area contributed by atoms with Crippen molar-refractivity contribution < 1.29 is 18.3 Å². The van der Waals surface area contributed by atoms with Crippen LogP contribution < -0.4 is 10.2 Å². The van der Waals surface area contributed by atoms with Gasteiger partial charge in [0.05, 0.1) is 0 Å². The van der Waals surface area contributed by atoms with Gasteiger partial charge < -0.3 is 15.4 Å². The predicted molar refractivity (Wildman–Crippen MR) is 48.7 cm³/mol. The monoisotopic (exact) mass is 242 g/mol. The van der Waals surface area contributed by atoms with E-state index in [4.69, 9.17) is 5.11 Å². The van der Waals surface area contributed by atoms with Crippen molar-refractivity contribution in [1.82, 2.24) is 10.3 Å². The van der Waals surface area contributed by atoms with Gasteiger partial charge in [-0.2, -0.15) is 13.2 Å². The van der Waals surface area contributed by atoms with Gasteiger partial charge in [0.15, 0.2) is 6.10 Å². The highest BCUT2D eigenvalue weighted by Crippen LogP contribution is 2.19. The SMILES string of the molecule is O=c1[nH]c(CNCC(O)C(F)(F)F)cs1. The molecule has 0 aliphatic rings. The molecule has 1 atom stereocenters. The molecule has 0 amide bonds. The standard InChI is InChI=1S/C7H9F3N2O2S/c8-7(9,10)5(13)2-11-1-4-3-15-6(14)12-4/h3,5,11,13H,1-2H2,(H,12,14). The molecule has 0 saturated carbocycles. The van der Waals surface area contributed by atoms with Crippen LogP contribution in [0.25, 0.3) is 0 Å². The number of thiazole rings is 1. The molecule has 0 bridgehead atoms. The molecule has 1 aromatic rings. The molecule has 4 nitrogen and oxygen atoms in total. The number of rotatable bonds is 4. The molecule has 8 heteroatoms. The summed E-state index contributed by atoms with van der Waals surface area (Å²) in [5.41, 5.74) is 0.499. The van der Waals surface area contributed by atoms with Crippen molar-refractivity contribution in [3.63, 3.8) is 0 Å². The zero-order valence-electron chi connectivity index (χ0n) is 7.47. The van der Waals surface area contributed by atoms with E-state index < -0.39 is 18.8 Å². The average molecular weight is 242 g/mol. The molecule has 3 N–H and O–H groups in total. The number of halogens is 3. The fourth-order valence-corrected chi connectivity index (χ4v) is 1.44. The average Bonchev–Trinajstić information content (AvgIpc) is 2.49. The van der Waals surface area contributed by atoms with E-state index >= 15 is 0 Å². The van der Waals surface area contributed by atoms with Crippen LogP contribution in [0.4, 0.5) is 13.2 Å². The largest absolute Gasteiger partial charge is 0.415 e. The molecule has 1 unspecified atom stereocenters. The van der Waals surface area contributed by atoms with E-state index in [0.29, 0.717) is 5.69 Å². The van der Waals surface area contributed by atoms with E-state index in [-0.39, 0.29) is 11.4 Å². The van der Waals surface area contributed by atoms with Gasteiger partial charge in [-0.25, -0.2) is 0 Å². The van der Waals surface area contributed by atoms with Crippen molar-refractivity contribution in [2.24, 2.45) is 0 Å². The summed E-state index contributed by atoms with van der Waals surface area (Å²) in [6, 6.07) is 0. The maximum absolute atomic E-state index is 11.8. The molecule has 0 saturated heterocycles. The van der Waals surface area contributed by atoms with Crippen molar-refractivity contribution in [2.75, 3.05) is 6.54 Å². The molecule has 1 heterocycles. The molecule has 86 valence electrons. The first kappa shape index (κ1) is 12.2. The number of H-pyrrole nitrogens is 1. The van der Waals surface area contributed by atoms with Crippen LogP contribution in [0.3, 0.4) is 0 Å². The van der Waals surface area contributed by atoms with Crippen LogP contribution in [0.5, 0.6) is 0 Å². The summed E-state index contributed by atoms with van der Waals surface area (Å²) in [7, 11) is 0. The topological polar surface area (TPSA) is 65.1 Å². The van der Waals surface area contributed by atoms with Crippen LogP contribution in [-0.4, -0.2) is 28.9 Å². The number of aliphatic hydroxyl groups excluding tert-OH is 1. The molecule has 0 aliphatic carbocycles. The Balaban J connectivity index is 2.31. The second kappa shape index (κ2) is 4.77. The Morgan fingerprint density at radius 1 is 1.60 bits per heavy atom. The second-order valence-corrected chi connectivity index (χ2v) is 3.70. The minimum atomic E-state index is -4.62. The normalized spacial score (nSPS) is 14.1. The van der Waals surface area contributed by atoms with Gasteiger partial charge in [-0.1, -0.05) is 11.3 Å². The Kier molecular flexibility index (Phi) is 3.89. The highest BCUT2D eigenvalue weighted by Gasteiger charge is 2.37. The Morgan fingerprint density at radius 3 is 2.73 bits per heavy atom. The van der Waals surface area contributed by atoms with Crippen molar-refractivity contribution in [1.29, 1.82) is 0 Å². The highest BCUT2D eigenvalue weighted by atomic mass is 32.1. The van der Waals surface area contributed by atoms with Gasteiger partial charge in [-0.15, -0.1) is 0 Å². The van der Waals surface area contributed by atoms with Crippen molar-refractivity contribution in [2.45, 2.75) is 18.8 Å². The lowest BCUT2D eigenvalue weighted by Gasteiger charge is -2.14. The molecule has 0 aromatic carbocycles. The Labute approximate surface area is 86.8 Å². The molecule has 1 rings (SSSR count). The summed E-state index contributed by atoms with van der Waals surface area (Å²) in [6.45, 7) is -0.507. The summed E-state index contributed by atoms with van der Waals surface area (Å²) < 4.78 is 35.5. The molecule has 0 radical (unpaired) electrons. The van der Waals surface area contributed by atoms with Gasteiger partial charge in [0.2, 0.25) is 0 Å². The summed E-state index contributed by atoms with van der Waals surface area (Å²) in [5, 5.41) is 12.5. The summed E-state index contributed by atoms with van der Waals surface area (Å²) in [6.07, 6.45) is -7.00. The Hall–Kier alpha value is -0.860. The summed E-state index contributed by atoms with van der Waals surface area (Å²) in [4.78, 5) is 12.8. The van der Waals surface area contributed by atoms with Gasteiger partial charge in [0.1, 0.15) is 0 Å². The van der Waals surface area contributed by atoms with Crippen LogP contribution in [0.15, 0.2) is 10.2 Å². The predicted octanol–water partition coefficient (Wildman–Crippen LogP) is 0.449. The molecule has 15 heavy (non-hydrogen) atoms. The lowest BCUT2D eigenvalue weighted by atomic mass is 10.3. The Bertz CT molecular complexity index is 360. The van der Waals surface area contributed by atoms with Crippen LogP contribution in [-0.2, 0) is 6.54 Å². The third-order valence-electron chi connectivity index (χ3n) is 1.60. The zero-order valence-corrected chi connectivity index (χ0v) is 8.28. The quantitative estimate of drug-likeness (QED) is 0.718. The number of aromatic amines is 1. The van der Waals surface area contributed by atoms with E-state index in [1.54, 1.807) is 0 Å². The summed E-state index contributed by atoms with van der Waals surface area (Å²) in [5.74, 6) is 0. The fourth-order valence-electron chi connectivity index (χ4n) is 0.860. The first-order valence-electron chi connectivity index (χ1n) is 4.02. The third-order valence-corrected chi connectivity index (χ3v) is 2.32. The first-order valence-corrected chi connectivity index (χ1v) is 4.90.